The summed E-state index contributed by atoms with van der Waals surface area (Å²) in [6, 6.07) is 0.341. The molecule has 0 fully saturated rings. The summed E-state index contributed by atoms with van der Waals surface area (Å²) in [6.45, 7) is 11.0. The Hall–Kier alpha value is -0.160. The summed E-state index contributed by atoms with van der Waals surface area (Å²) in [6.07, 6.45) is -0.159. The van der Waals surface area contributed by atoms with Crippen LogP contribution in [0.25, 0.3) is 0 Å². The summed E-state index contributed by atoms with van der Waals surface area (Å²) in [7, 11) is 1.72. The summed E-state index contributed by atoms with van der Waals surface area (Å²) in [4.78, 5) is 0. The zero-order valence-electron chi connectivity index (χ0n) is 11.3. The van der Waals surface area contributed by atoms with E-state index in [9.17, 15) is 0 Å². The number of ether oxygens (including phenoxy) is 3. The Morgan fingerprint density at radius 2 is 1.62 bits per heavy atom. The van der Waals surface area contributed by atoms with Crippen molar-refractivity contribution in [2.24, 2.45) is 5.92 Å². The first-order chi connectivity index (χ1) is 7.65. The number of nitrogens with one attached hydrogen (secondary N) is 1. The first kappa shape index (κ1) is 15.8. The van der Waals surface area contributed by atoms with Crippen LogP contribution in [0.3, 0.4) is 0 Å². The first-order valence-corrected chi connectivity index (χ1v) is 6.11. The van der Waals surface area contributed by atoms with Crippen molar-refractivity contribution in [3.8, 4) is 0 Å². The second-order valence-electron chi connectivity index (χ2n) is 4.05. The third-order valence-electron chi connectivity index (χ3n) is 2.40. The van der Waals surface area contributed by atoms with Gasteiger partial charge in [0.1, 0.15) is 0 Å². The Bertz CT molecular complexity index is 147. The summed E-state index contributed by atoms with van der Waals surface area (Å²) >= 11 is 0. The van der Waals surface area contributed by atoms with E-state index in [-0.39, 0.29) is 6.29 Å². The van der Waals surface area contributed by atoms with Gasteiger partial charge in [0.05, 0.1) is 6.61 Å². The van der Waals surface area contributed by atoms with E-state index in [4.69, 9.17) is 14.2 Å². The Morgan fingerprint density at radius 3 is 2.00 bits per heavy atom. The Kier molecular flexibility index (Phi) is 9.92. The maximum Gasteiger partial charge on any atom is 0.169 e. The third kappa shape index (κ3) is 7.17. The molecule has 0 radical (unpaired) electrons. The van der Waals surface area contributed by atoms with E-state index < -0.39 is 0 Å². The van der Waals surface area contributed by atoms with Crippen LogP contribution in [-0.2, 0) is 14.2 Å². The zero-order valence-corrected chi connectivity index (χ0v) is 11.3. The molecule has 1 atom stereocenters. The first-order valence-electron chi connectivity index (χ1n) is 6.11. The van der Waals surface area contributed by atoms with Crippen molar-refractivity contribution >= 4 is 0 Å². The average Bonchev–Trinajstić information content (AvgIpc) is 2.24. The lowest BCUT2D eigenvalue weighted by Gasteiger charge is -2.25. The number of hydrogen-bond donors (Lipinski definition) is 1. The maximum atomic E-state index is 5.47. The second kappa shape index (κ2) is 10.0. The fourth-order valence-corrected chi connectivity index (χ4v) is 1.45. The van der Waals surface area contributed by atoms with Gasteiger partial charge < -0.3 is 19.5 Å². The highest BCUT2D eigenvalue weighted by Gasteiger charge is 2.15. The molecule has 4 nitrogen and oxygen atoms in total. The van der Waals surface area contributed by atoms with E-state index >= 15 is 0 Å². The summed E-state index contributed by atoms with van der Waals surface area (Å²) in [5.74, 6) is 0.531. The number of rotatable bonds is 10. The molecular formula is C12H27NO3. The van der Waals surface area contributed by atoms with Crippen molar-refractivity contribution in [1.29, 1.82) is 0 Å². The van der Waals surface area contributed by atoms with Crippen LogP contribution in [0.15, 0.2) is 0 Å². The largest absolute Gasteiger partial charge is 0.383 e. The Balaban J connectivity index is 3.93. The lowest BCUT2D eigenvalue weighted by atomic mass is 10.1. The molecule has 16 heavy (non-hydrogen) atoms. The highest BCUT2D eigenvalue weighted by molar-refractivity contribution is 4.70. The fourth-order valence-electron chi connectivity index (χ4n) is 1.45. The molecule has 0 rings (SSSR count). The lowest BCUT2D eigenvalue weighted by Crippen LogP contribution is -2.43. The van der Waals surface area contributed by atoms with E-state index in [2.05, 4.69) is 19.2 Å². The lowest BCUT2D eigenvalue weighted by molar-refractivity contribution is -0.134. The van der Waals surface area contributed by atoms with E-state index in [1.54, 1.807) is 7.11 Å². The quantitative estimate of drug-likeness (QED) is 0.582. The standard InChI is InChI=1S/C12H27NO3/c1-6-15-12(16-7-2)8-13-11(9-14-5)10(3)4/h10-13H,6-9H2,1-5H3. The maximum absolute atomic E-state index is 5.47. The van der Waals surface area contributed by atoms with Gasteiger partial charge in [0.15, 0.2) is 6.29 Å². The summed E-state index contributed by atoms with van der Waals surface area (Å²) in [5.41, 5.74) is 0. The highest BCUT2D eigenvalue weighted by atomic mass is 16.7. The molecule has 4 heteroatoms. The van der Waals surface area contributed by atoms with Crippen LogP contribution in [0.4, 0.5) is 0 Å². The van der Waals surface area contributed by atoms with Crippen molar-refractivity contribution in [2.45, 2.75) is 40.0 Å². The van der Waals surface area contributed by atoms with Crippen LogP contribution in [0, 0.1) is 5.92 Å². The Labute approximate surface area is 99.6 Å². The molecule has 0 saturated heterocycles. The van der Waals surface area contributed by atoms with Crippen molar-refractivity contribution in [3.63, 3.8) is 0 Å². The van der Waals surface area contributed by atoms with Gasteiger partial charge >= 0.3 is 0 Å². The number of hydrogen-bond acceptors (Lipinski definition) is 4. The molecule has 0 amide bonds. The number of methoxy groups -OCH3 is 1. The molecule has 0 saturated carbocycles. The van der Waals surface area contributed by atoms with Crippen LogP contribution in [0.1, 0.15) is 27.7 Å². The molecule has 0 bridgehead atoms. The molecule has 0 heterocycles. The topological polar surface area (TPSA) is 39.7 Å². The normalized spacial score (nSPS) is 13.7. The molecule has 0 aliphatic heterocycles. The van der Waals surface area contributed by atoms with Gasteiger partial charge in [-0.15, -0.1) is 0 Å². The van der Waals surface area contributed by atoms with Crippen LogP contribution >= 0.6 is 0 Å². The fraction of sp³-hybridized carbons (Fsp3) is 1.00. The zero-order chi connectivity index (χ0) is 12.4. The van der Waals surface area contributed by atoms with Crippen molar-refractivity contribution < 1.29 is 14.2 Å². The summed E-state index contributed by atoms with van der Waals surface area (Å²) in [5, 5.41) is 3.41. The van der Waals surface area contributed by atoms with Crippen LogP contribution in [0.2, 0.25) is 0 Å². The molecule has 98 valence electrons. The van der Waals surface area contributed by atoms with E-state index in [1.165, 1.54) is 0 Å². The molecule has 0 aromatic carbocycles. The molecule has 0 aromatic rings. The minimum atomic E-state index is -0.159. The van der Waals surface area contributed by atoms with Gasteiger partial charge in [0, 0.05) is 32.9 Å². The molecule has 1 unspecified atom stereocenters. The monoisotopic (exact) mass is 233 g/mol. The molecular weight excluding hydrogens is 206 g/mol. The van der Waals surface area contributed by atoms with Gasteiger partial charge in [0.2, 0.25) is 0 Å². The minimum absolute atomic E-state index is 0.159. The third-order valence-corrected chi connectivity index (χ3v) is 2.40. The van der Waals surface area contributed by atoms with Crippen LogP contribution in [-0.4, -0.2) is 45.8 Å². The Morgan fingerprint density at radius 1 is 1.06 bits per heavy atom. The molecule has 0 aliphatic rings. The van der Waals surface area contributed by atoms with Crippen LogP contribution in [0.5, 0.6) is 0 Å². The van der Waals surface area contributed by atoms with Gasteiger partial charge in [-0.05, 0) is 19.8 Å². The van der Waals surface area contributed by atoms with Crippen molar-refractivity contribution in [2.75, 3.05) is 33.5 Å². The average molecular weight is 233 g/mol. The SMILES string of the molecule is CCOC(CNC(COC)C(C)C)OCC. The summed E-state index contributed by atoms with van der Waals surface area (Å²) < 4.78 is 16.1. The van der Waals surface area contributed by atoms with Crippen LogP contribution < -0.4 is 5.32 Å². The second-order valence-corrected chi connectivity index (χ2v) is 4.05. The molecule has 1 N–H and O–H groups in total. The molecule has 0 aliphatic carbocycles. The van der Waals surface area contributed by atoms with Crippen molar-refractivity contribution in [1.82, 2.24) is 5.32 Å². The molecule has 0 spiro atoms. The van der Waals surface area contributed by atoms with Gasteiger partial charge in [-0.3, -0.25) is 0 Å². The highest BCUT2D eigenvalue weighted by Crippen LogP contribution is 2.03. The van der Waals surface area contributed by atoms with E-state index in [1.807, 2.05) is 13.8 Å². The van der Waals surface area contributed by atoms with Crippen molar-refractivity contribution in [3.05, 3.63) is 0 Å². The minimum Gasteiger partial charge on any atom is -0.383 e. The van der Waals surface area contributed by atoms with Gasteiger partial charge in [0.25, 0.3) is 0 Å². The van der Waals surface area contributed by atoms with E-state index in [0.29, 0.717) is 38.3 Å². The van der Waals surface area contributed by atoms with Gasteiger partial charge in [-0.1, -0.05) is 13.8 Å². The van der Waals surface area contributed by atoms with Gasteiger partial charge in [-0.25, -0.2) is 0 Å². The predicted molar refractivity (Wildman–Crippen MR) is 65.5 cm³/mol. The van der Waals surface area contributed by atoms with E-state index in [0.717, 1.165) is 0 Å². The predicted octanol–water partition coefficient (Wildman–Crippen LogP) is 1.65. The van der Waals surface area contributed by atoms with Gasteiger partial charge in [-0.2, -0.15) is 0 Å². The smallest absolute Gasteiger partial charge is 0.169 e. The molecule has 0 aromatic heterocycles.